The van der Waals surface area contributed by atoms with Crippen molar-refractivity contribution in [3.63, 3.8) is 0 Å². The molecule has 0 spiro atoms. The minimum absolute atomic E-state index is 0.152. The van der Waals surface area contributed by atoms with E-state index < -0.39 is 0 Å². The molecule has 9 heavy (non-hydrogen) atoms. The Balaban J connectivity index is 2.38. The monoisotopic (exact) mass is 127 g/mol. The van der Waals surface area contributed by atoms with Crippen LogP contribution in [-0.4, -0.2) is 17.4 Å². The maximum absolute atomic E-state index is 9.22. The summed E-state index contributed by atoms with van der Waals surface area (Å²) in [6, 6.07) is 0. The van der Waals surface area contributed by atoms with Gasteiger partial charge in [0.1, 0.15) is 0 Å². The molecule has 2 heteroatoms. The molecule has 0 heterocycles. The van der Waals surface area contributed by atoms with Crippen LogP contribution in [0, 0.1) is 11.3 Å². The van der Waals surface area contributed by atoms with Gasteiger partial charge < -0.3 is 10.5 Å². The highest BCUT2D eigenvalue weighted by atomic mass is 16.3. The number of hydrogen-bond donors (Lipinski definition) is 2. The van der Waals surface area contributed by atoms with Gasteiger partial charge in [0.05, 0.1) is 6.10 Å². The van der Waals surface area contributed by atoms with Crippen LogP contribution < -0.4 is 0 Å². The second-order valence-electron chi connectivity index (χ2n) is 2.68. The first-order valence-corrected chi connectivity index (χ1v) is 3.53. The first-order valence-electron chi connectivity index (χ1n) is 3.53. The molecule has 0 bridgehead atoms. The van der Waals surface area contributed by atoms with Gasteiger partial charge in [-0.05, 0) is 12.8 Å². The van der Waals surface area contributed by atoms with E-state index in [0.717, 1.165) is 19.3 Å². The Morgan fingerprint density at radius 1 is 1.33 bits per heavy atom. The summed E-state index contributed by atoms with van der Waals surface area (Å²) in [5.74, 6) is 0.152. The van der Waals surface area contributed by atoms with E-state index in [0.29, 0.717) is 0 Å². The maximum atomic E-state index is 9.22. The highest BCUT2D eigenvalue weighted by Crippen LogP contribution is 2.22. The highest BCUT2D eigenvalue weighted by molar-refractivity contribution is 5.57. The van der Waals surface area contributed by atoms with Gasteiger partial charge in [-0.2, -0.15) is 0 Å². The lowest BCUT2D eigenvalue weighted by molar-refractivity contribution is 0.103. The molecule has 1 fully saturated rings. The van der Waals surface area contributed by atoms with E-state index in [1.54, 1.807) is 0 Å². The molecule has 1 saturated carbocycles. The summed E-state index contributed by atoms with van der Waals surface area (Å²) in [6.07, 6.45) is 5.35. The van der Waals surface area contributed by atoms with Crippen LogP contribution in [0.3, 0.4) is 0 Å². The van der Waals surface area contributed by atoms with Crippen LogP contribution in [-0.2, 0) is 0 Å². The van der Waals surface area contributed by atoms with Gasteiger partial charge in [-0.15, -0.1) is 0 Å². The molecule has 2 nitrogen and oxygen atoms in total. The van der Waals surface area contributed by atoms with Crippen molar-refractivity contribution in [2.24, 2.45) is 5.92 Å². The predicted molar refractivity (Wildman–Crippen MR) is 36.7 cm³/mol. The maximum Gasteiger partial charge on any atom is 0.0617 e. The summed E-state index contributed by atoms with van der Waals surface area (Å²) >= 11 is 0. The Labute approximate surface area is 55.4 Å². The van der Waals surface area contributed by atoms with Crippen molar-refractivity contribution in [2.45, 2.75) is 31.8 Å². The van der Waals surface area contributed by atoms with Crippen molar-refractivity contribution in [3.05, 3.63) is 0 Å². The van der Waals surface area contributed by atoms with Crippen LogP contribution in [0.15, 0.2) is 0 Å². The quantitative estimate of drug-likeness (QED) is 0.510. The number of nitrogens with one attached hydrogen (secondary N) is 1. The molecule has 1 aliphatic carbocycles. The molecule has 0 unspecified atom stereocenters. The van der Waals surface area contributed by atoms with Crippen LogP contribution in [0.4, 0.5) is 0 Å². The van der Waals surface area contributed by atoms with Gasteiger partial charge in [0.2, 0.25) is 0 Å². The largest absolute Gasteiger partial charge is 0.392 e. The molecule has 0 amide bonds. The van der Waals surface area contributed by atoms with Crippen molar-refractivity contribution in [2.75, 3.05) is 0 Å². The summed E-state index contributed by atoms with van der Waals surface area (Å²) in [5, 5.41) is 16.2. The SMILES string of the molecule is N=C[C@@H]1CCCC[C@H]1O. The molecular formula is C7H13NO. The summed E-state index contributed by atoms with van der Waals surface area (Å²) in [6.45, 7) is 0. The minimum Gasteiger partial charge on any atom is -0.392 e. The van der Waals surface area contributed by atoms with Crippen molar-refractivity contribution in [1.29, 1.82) is 5.41 Å². The average Bonchev–Trinajstić information content (AvgIpc) is 1.89. The Bertz CT molecular complexity index is 103. The smallest absolute Gasteiger partial charge is 0.0617 e. The van der Waals surface area contributed by atoms with Crippen molar-refractivity contribution >= 4 is 6.21 Å². The van der Waals surface area contributed by atoms with E-state index in [1.165, 1.54) is 12.6 Å². The molecule has 0 aliphatic heterocycles. The summed E-state index contributed by atoms with van der Waals surface area (Å²) in [7, 11) is 0. The average molecular weight is 127 g/mol. The molecule has 0 aromatic heterocycles. The molecule has 0 saturated heterocycles. The lowest BCUT2D eigenvalue weighted by Gasteiger charge is -2.23. The van der Waals surface area contributed by atoms with Crippen LogP contribution in [0.25, 0.3) is 0 Å². The minimum atomic E-state index is -0.226. The lowest BCUT2D eigenvalue weighted by atomic mass is 9.88. The van der Waals surface area contributed by atoms with Gasteiger partial charge in [0.15, 0.2) is 0 Å². The Morgan fingerprint density at radius 3 is 2.44 bits per heavy atom. The first-order chi connectivity index (χ1) is 4.34. The molecule has 52 valence electrons. The molecule has 1 rings (SSSR count). The molecule has 0 aromatic rings. The fourth-order valence-corrected chi connectivity index (χ4v) is 1.33. The van der Waals surface area contributed by atoms with Crippen molar-refractivity contribution in [3.8, 4) is 0 Å². The van der Waals surface area contributed by atoms with Gasteiger partial charge in [0.25, 0.3) is 0 Å². The molecule has 2 N–H and O–H groups in total. The van der Waals surface area contributed by atoms with E-state index in [-0.39, 0.29) is 12.0 Å². The summed E-state index contributed by atoms with van der Waals surface area (Å²) < 4.78 is 0. The second kappa shape index (κ2) is 2.97. The van der Waals surface area contributed by atoms with Crippen LogP contribution >= 0.6 is 0 Å². The third-order valence-electron chi connectivity index (χ3n) is 2.00. The van der Waals surface area contributed by atoms with E-state index in [9.17, 15) is 5.11 Å². The molecule has 0 radical (unpaired) electrons. The second-order valence-corrected chi connectivity index (χ2v) is 2.68. The third-order valence-corrected chi connectivity index (χ3v) is 2.00. The zero-order valence-corrected chi connectivity index (χ0v) is 5.51. The fourth-order valence-electron chi connectivity index (χ4n) is 1.33. The molecule has 1 aliphatic rings. The Hall–Kier alpha value is -0.370. The standard InChI is InChI=1S/C7H13NO/c8-5-6-3-1-2-4-7(6)9/h5-9H,1-4H2/t6-,7+/m0/s1. The highest BCUT2D eigenvalue weighted by Gasteiger charge is 2.19. The van der Waals surface area contributed by atoms with Crippen molar-refractivity contribution < 1.29 is 5.11 Å². The van der Waals surface area contributed by atoms with Gasteiger partial charge >= 0.3 is 0 Å². The van der Waals surface area contributed by atoms with Gasteiger partial charge in [-0.1, -0.05) is 12.8 Å². The summed E-state index contributed by atoms with van der Waals surface area (Å²) in [5.41, 5.74) is 0. The molecule has 2 atom stereocenters. The Kier molecular flexibility index (Phi) is 2.22. The van der Waals surface area contributed by atoms with E-state index >= 15 is 0 Å². The van der Waals surface area contributed by atoms with Gasteiger partial charge in [-0.3, -0.25) is 0 Å². The third kappa shape index (κ3) is 1.52. The van der Waals surface area contributed by atoms with Gasteiger partial charge in [0, 0.05) is 12.1 Å². The van der Waals surface area contributed by atoms with Crippen molar-refractivity contribution in [1.82, 2.24) is 0 Å². The molecular weight excluding hydrogens is 114 g/mol. The zero-order chi connectivity index (χ0) is 6.69. The number of aliphatic hydroxyl groups is 1. The normalized spacial score (nSPS) is 36.1. The van der Waals surface area contributed by atoms with Crippen LogP contribution in [0.1, 0.15) is 25.7 Å². The topological polar surface area (TPSA) is 44.1 Å². The Morgan fingerprint density at radius 2 is 2.00 bits per heavy atom. The number of aliphatic hydroxyl groups excluding tert-OH is 1. The predicted octanol–water partition coefficient (Wildman–Crippen LogP) is 1.19. The number of rotatable bonds is 1. The summed E-state index contributed by atoms with van der Waals surface area (Å²) in [4.78, 5) is 0. The van der Waals surface area contributed by atoms with Crippen LogP contribution in [0.5, 0.6) is 0 Å². The fraction of sp³-hybridized carbons (Fsp3) is 0.857. The van der Waals surface area contributed by atoms with E-state index in [2.05, 4.69) is 0 Å². The number of hydrogen-bond acceptors (Lipinski definition) is 2. The van der Waals surface area contributed by atoms with E-state index in [1.807, 2.05) is 0 Å². The van der Waals surface area contributed by atoms with E-state index in [4.69, 9.17) is 5.41 Å². The van der Waals surface area contributed by atoms with Gasteiger partial charge in [-0.25, -0.2) is 0 Å². The van der Waals surface area contributed by atoms with Crippen LogP contribution in [0.2, 0.25) is 0 Å². The lowest BCUT2D eigenvalue weighted by Crippen LogP contribution is -2.24. The zero-order valence-electron chi connectivity index (χ0n) is 5.51. The first kappa shape index (κ1) is 6.75. The molecule has 0 aromatic carbocycles.